The van der Waals surface area contributed by atoms with Gasteiger partial charge in [0.15, 0.2) is 0 Å². The Kier molecular flexibility index (Phi) is 4.85. The quantitative estimate of drug-likeness (QED) is 0.801. The zero-order valence-corrected chi connectivity index (χ0v) is 12.8. The van der Waals surface area contributed by atoms with Crippen LogP contribution in [-0.4, -0.2) is 12.5 Å². The first-order chi connectivity index (χ1) is 10.00. The number of rotatable bonds is 7. The first kappa shape index (κ1) is 15.4. The Balaban J connectivity index is 1.81. The van der Waals surface area contributed by atoms with Crippen molar-refractivity contribution in [3.63, 3.8) is 0 Å². The van der Waals surface area contributed by atoms with E-state index in [0.29, 0.717) is 6.42 Å². The van der Waals surface area contributed by atoms with E-state index in [1.54, 1.807) is 0 Å². The second-order valence-electron chi connectivity index (χ2n) is 6.52. The van der Waals surface area contributed by atoms with E-state index in [4.69, 9.17) is 5.26 Å². The van der Waals surface area contributed by atoms with Gasteiger partial charge in [-0.15, -0.1) is 0 Å². The molecule has 0 heterocycles. The minimum absolute atomic E-state index is 0.0919. The molecular formula is C17H23N3O. The number of carbonyl (C=O) groups excluding carboxylic acids is 1. The van der Waals surface area contributed by atoms with Gasteiger partial charge in [0.1, 0.15) is 0 Å². The molecule has 1 aliphatic carbocycles. The van der Waals surface area contributed by atoms with Crippen molar-refractivity contribution < 1.29 is 4.79 Å². The third kappa shape index (κ3) is 5.11. The molecule has 2 rings (SSSR count). The second-order valence-corrected chi connectivity index (χ2v) is 6.52. The number of nitrogens with zero attached hydrogens (tertiary/aromatic N) is 1. The molecule has 0 aliphatic heterocycles. The molecule has 1 aromatic carbocycles. The Bertz CT molecular complexity index is 524. The molecule has 0 spiro atoms. The topological polar surface area (TPSA) is 64.9 Å². The van der Waals surface area contributed by atoms with Gasteiger partial charge >= 0.3 is 0 Å². The monoisotopic (exact) mass is 285 g/mol. The highest BCUT2D eigenvalue weighted by Crippen LogP contribution is 2.30. The molecule has 1 saturated carbocycles. The predicted octanol–water partition coefficient (Wildman–Crippen LogP) is 3.78. The number of hydrogen-bond acceptors (Lipinski definition) is 3. The zero-order valence-electron chi connectivity index (χ0n) is 12.8. The van der Waals surface area contributed by atoms with Crippen LogP contribution in [0.5, 0.6) is 0 Å². The predicted molar refractivity (Wildman–Crippen MR) is 84.9 cm³/mol. The number of hydrogen-bond donors (Lipinski definition) is 2. The third-order valence-corrected chi connectivity index (χ3v) is 3.79. The molecule has 0 radical (unpaired) electrons. The van der Waals surface area contributed by atoms with Gasteiger partial charge in [-0.1, -0.05) is 13.8 Å². The van der Waals surface area contributed by atoms with Crippen LogP contribution >= 0.6 is 0 Å². The number of nitriles is 1. The van der Waals surface area contributed by atoms with Crippen LogP contribution < -0.4 is 10.6 Å². The number of benzene rings is 1. The molecule has 1 aliphatic rings. The van der Waals surface area contributed by atoms with Crippen LogP contribution in [0.2, 0.25) is 0 Å². The smallest absolute Gasteiger partial charge is 0.227 e. The van der Waals surface area contributed by atoms with E-state index in [-0.39, 0.29) is 17.2 Å². The molecule has 0 bridgehead atoms. The normalized spacial score (nSPS) is 14.3. The van der Waals surface area contributed by atoms with E-state index < -0.39 is 0 Å². The van der Waals surface area contributed by atoms with Gasteiger partial charge in [-0.3, -0.25) is 4.79 Å². The standard InChI is InChI=1S/C17H23N3O/c1-17(2,10-3-11-18)12-19-14-6-8-15(9-7-14)20-16(21)13-4-5-13/h6-9,13,19H,3-5,10,12H2,1-2H3,(H,20,21). The molecule has 4 nitrogen and oxygen atoms in total. The summed E-state index contributed by atoms with van der Waals surface area (Å²) in [6.45, 7) is 5.13. The third-order valence-electron chi connectivity index (χ3n) is 3.79. The summed E-state index contributed by atoms with van der Waals surface area (Å²) in [6, 6.07) is 9.99. The van der Waals surface area contributed by atoms with Crippen LogP contribution in [0.25, 0.3) is 0 Å². The number of amides is 1. The molecule has 0 saturated heterocycles. The molecule has 21 heavy (non-hydrogen) atoms. The molecule has 1 amide bonds. The average molecular weight is 285 g/mol. The van der Waals surface area contributed by atoms with Gasteiger partial charge < -0.3 is 10.6 Å². The largest absolute Gasteiger partial charge is 0.385 e. The van der Waals surface area contributed by atoms with Crippen molar-refractivity contribution >= 4 is 17.3 Å². The molecule has 4 heteroatoms. The molecule has 0 atom stereocenters. The van der Waals surface area contributed by atoms with E-state index in [1.165, 1.54) is 0 Å². The minimum atomic E-state index is 0.0919. The minimum Gasteiger partial charge on any atom is -0.385 e. The van der Waals surface area contributed by atoms with Crippen molar-refractivity contribution in [1.82, 2.24) is 0 Å². The first-order valence-electron chi connectivity index (χ1n) is 7.52. The van der Waals surface area contributed by atoms with Gasteiger partial charge in [-0.05, 0) is 48.9 Å². The highest BCUT2D eigenvalue weighted by molar-refractivity contribution is 5.94. The summed E-state index contributed by atoms with van der Waals surface area (Å²) in [5.74, 6) is 0.358. The summed E-state index contributed by atoms with van der Waals surface area (Å²) >= 11 is 0. The summed E-state index contributed by atoms with van der Waals surface area (Å²) in [7, 11) is 0. The maximum Gasteiger partial charge on any atom is 0.227 e. The van der Waals surface area contributed by atoms with Crippen LogP contribution in [0.3, 0.4) is 0 Å². The number of anilines is 2. The van der Waals surface area contributed by atoms with Crippen molar-refractivity contribution in [3.05, 3.63) is 24.3 Å². The molecular weight excluding hydrogens is 262 g/mol. The van der Waals surface area contributed by atoms with E-state index in [0.717, 1.165) is 37.2 Å². The Morgan fingerprint density at radius 3 is 2.48 bits per heavy atom. The van der Waals surface area contributed by atoms with Crippen molar-refractivity contribution in [2.24, 2.45) is 11.3 Å². The fourth-order valence-corrected chi connectivity index (χ4v) is 2.09. The van der Waals surface area contributed by atoms with Crippen molar-refractivity contribution in [3.8, 4) is 6.07 Å². The number of carbonyl (C=O) groups is 1. The molecule has 0 aromatic heterocycles. The van der Waals surface area contributed by atoms with Crippen LogP contribution in [0.1, 0.15) is 39.5 Å². The lowest BCUT2D eigenvalue weighted by molar-refractivity contribution is -0.117. The van der Waals surface area contributed by atoms with Crippen molar-refractivity contribution in [2.45, 2.75) is 39.5 Å². The lowest BCUT2D eigenvalue weighted by Crippen LogP contribution is -2.22. The second kappa shape index (κ2) is 6.62. The summed E-state index contributed by atoms with van der Waals surface area (Å²) < 4.78 is 0. The summed E-state index contributed by atoms with van der Waals surface area (Å²) in [5, 5.41) is 15.0. The highest BCUT2D eigenvalue weighted by Gasteiger charge is 2.29. The summed E-state index contributed by atoms with van der Waals surface area (Å²) in [6.07, 6.45) is 3.50. The van der Waals surface area contributed by atoms with Gasteiger partial charge in [0.05, 0.1) is 6.07 Å². The van der Waals surface area contributed by atoms with Crippen LogP contribution in [-0.2, 0) is 4.79 Å². The van der Waals surface area contributed by atoms with Crippen LogP contribution in [0.4, 0.5) is 11.4 Å². The fourth-order valence-electron chi connectivity index (χ4n) is 2.09. The lowest BCUT2D eigenvalue weighted by atomic mass is 9.88. The van der Waals surface area contributed by atoms with Crippen molar-refractivity contribution in [2.75, 3.05) is 17.2 Å². The Morgan fingerprint density at radius 2 is 1.90 bits per heavy atom. The van der Waals surface area contributed by atoms with Gasteiger partial charge in [0.25, 0.3) is 0 Å². The van der Waals surface area contributed by atoms with Crippen molar-refractivity contribution in [1.29, 1.82) is 5.26 Å². The van der Waals surface area contributed by atoms with Crippen LogP contribution in [0, 0.1) is 22.7 Å². The van der Waals surface area contributed by atoms with Gasteiger partial charge in [-0.25, -0.2) is 0 Å². The Hall–Kier alpha value is -2.02. The lowest BCUT2D eigenvalue weighted by Gasteiger charge is -2.24. The maximum absolute atomic E-state index is 11.7. The molecule has 1 fully saturated rings. The molecule has 112 valence electrons. The van der Waals surface area contributed by atoms with Crippen LogP contribution in [0.15, 0.2) is 24.3 Å². The summed E-state index contributed by atoms with van der Waals surface area (Å²) in [5.41, 5.74) is 1.97. The van der Waals surface area contributed by atoms with E-state index in [2.05, 4.69) is 30.6 Å². The molecule has 1 aromatic rings. The van der Waals surface area contributed by atoms with Gasteiger partial charge in [-0.2, -0.15) is 5.26 Å². The Labute approximate surface area is 126 Å². The van der Waals surface area contributed by atoms with E-state index in [9.17, 15) is 4.79 Å². The Morgan fingerprint density at radius 1 is 1.29 bits per heavy atom. The number of nitrogens with one attached hydrogen (secondary N) is 2. The molecule has 0 unspecified atom stereocenters. The van der Waals surface area contributed by atoms with E-state index in [1.807, 2.05) is 24.3 Å². The fraction of sp³-hybridized carbons (Fsp3) is 0.529. The van der Waals surface area contributed by atoms with Gasteiger partial charge in [0.2, 0.25) is 5.91 Å². The summed E-state index contributed by atoms with van der Waals surface area (Å²) in [4.78, 5) is 11.7. The SMILES string of the molecule is CC(C)(CCC#N)CNc1ccc(NC(=O)C2CC2)cc1. The van der Waals surface area contributed by atoms with Gasteiger partial charge in [0, 0.05) is 30.3 Å². The average Bonchev–Trinajstić information content (AvgIpc) is 3.29. The van der Waals surface area contributed by atoms with E-state index >= 15 is 0 Å². The highest BCUT2D eigenvalue weighted by atomic mass is 16.2. The zero-order chi connectivity index (χ0) is 15.3. The molecule has 2 N–H and O–H groups in total. The maximum atomic E-state index is 11.7. The first-order valence-corrected chi connectivity index (χ1v) is 7.52.